The van der Waals surface area contributed by atoms with Crippen LogP contribution in [0.3, 0.4) is 0 Å². The first-order valence-electron chi connectivity index (χ1n) is 7.96. The van der Waals surface area contributed by atoms with Gasteiger partial charge in [0.15, 0.2) is 11.6 Å². The molecule has 0 saturated heterocycles. The van der Waals surface area contributed by atoms with Gasteiger partial charge in [-0.15, -0.1) is 0 Å². The summed E-state index contributed by atoms with van der Waals surface area (Å²) in [5.41, 5.74) is 2.07. The van der Waals surface area contributed by atoms with Crippen LogP contribution in [0, 0.1) is 6.92 Å². The smallest absolute Gasteiger partial charge is 0.230 e. The Morgan fingerprint density at radius 3 is 2.87 bits per heavy atom. The lowest BCUT2D eigenvalue weighted by atomic mass is 10.0. The fourth-order valence-electron chi connectivity index (χ4n) is 3.09. The van der Waals surface area contributed by atoms with Crippen LogP contribution in [0.15, 0.2) is 30.6 Å². The van der Waals surface area contributed by atoms with Crippen molar-refractivity contribution in [3.63, 3.8) is 0 Å². The summed E-state index contributed by atoms with van der Waals surface area (Å²) in [7, 11) is 0. The zero-order valence-corrected chi connectivity index (χ0v) is 13.0. The van der Waals surface area contributed by atoms with Gasteiger partial charge in [0.05, 0.1) is 0 Å². The number of aromatic nitrogens is 6. The van der Waals surface area contributed by atoms with Gasteiger partial charge in [0.2, 0.25) is 5.95 Å². The van der Waals surface area contributed by atoms with E-state index in [0.717, 1.165) is 17.3 Å². The third-order valence-electron chi connectivity index (χ3n) is 4.21. The predicted molar refractivity (Wildman–Crippen MR) is 87.0 cm³/mol. The molecule has 23 heavy (non-hydrogen) atoms. The van der Waals surface area contributed by atoms with Gasteiger partial charge in [-0.1, -0.05) is 12.8 Å². The van der Waals surface area contributed by atoms with Crippen LogP contribution in [-0.4, -0.2) is 29.9 Å². The minimum absolute atomic E-state index is 0.528. The van der Waals surface area contributed by atoms with Crippen molar-refractivity contribution in [1.29, 1.82) is 0 Å². The van der Waals surface area contributed by atoms with E-state index in [4.69, 9.17) is 0 Å². The molecule has 0 amide bonds. The van der Waals surface area contributed by atoms with Gasteiger partial charge >= 0.3 is 0 Å². The summed E-state index contributed by atoms with van der Waals surface area (Å²) in [6.45, 7) is 1.94. The van der Waals surface area contributed by atoms with E-state index in [2.05, 4.69) is 36.6 Å². The van der Waals surface area contributed by atoms with Gasteiger partial charge in [-0.3, -0.25) is 5.10 Å². The predicted octanol–water partition coefficient (Wildman–Crippen LogP) is 3.10. The molecule has 118 valence electrons. The summed E-state index contributed by atoms with van der Waals surface area (Å²) < 4.78 is 1.72. The Bertz CT molecular complexity index is 785. The second kappa shape index (κ2) is 5.83. The second-order valence-corrected chi connectivity index (χ2v) is 5.96. The molecule has 3 heterocycles. The van der Waals surface area contributed by atoms with Gasteiger partial charge < -0.3 is 5.32 Å². The number of anilines is 2. The summed E-state index contributed by atoms with van der Waals surface area (Å²) in [6.07, 6.45) is 8.68. The Labute approximate surface area is 134 Å². The molecular weight excluding hydrogens is 290 g/mol. The molecule has 1 aliphatic rings. The van der Waals surface area contributed by atoms with Crippen LogP contribution in [0.1, 0.15) is 43.0 Å². The van der Waals surface area contributed by atoms with Gasteiger partial charge in [-0.25, -0.2) is 9.67 Å². The lowest BCUT2D eigenvalue weighted by molar-refractivity contribution is 0.693. The lowest BCUT2D eigenvalue weighted by Crippen LogP contribution is -2.05. The lowest BCUT2D eigenvalue weighted by Gasteiger charge is -2.06. The molecule has 4 rings (SSSR count). The molecule has 1 aliphatic carbocycles. The molecule has 2 N–H and O–H groups in total. The Morgan fingerprint density at radius 2 is 2.09 bits per heavy atom. The summed E-state index contributed by atoms with van der Waals surface area (Å²) in [4.78, 5) is 8.93. The molecule has 0 atom stereocenters. The molecular formula is C16H19N7. The minimum Gasteiger partial charge on any atom is -0.307 e. The summed E-state index contributed by atoms with van der Waals surface area (Å²) in [5, 5.41) is 14.9. The van der Waals surface area contributed by atoms with Crippen molar-refractivity contribution in [2.24, 2.45) is 0 Å². The Balaban J connectivity index is 1.56. The van der Waals surface area contributed by atoms with Crippen LogP contribution in [0.25, 0.3) is 5.82 Å². The standard InChI is InChI=1S/C16H19N7/c1-11-9-15(23-8-4-7-17-23)20-16(18-11)19-14-10-13(21-22-14)12-5-2-3-6-12/h4,7-10,12H,2-3,5-6H2,1H3,(H2,18,19,20,21,22). The number of hydrogen-bond donors (Lipinski definition) is 2. The number of nitrogens with zero attached hydrogens (tertiary/aromatic N) is 5. The molecule has 0 radical (unpaired) electrons. The number of nitrogens with one attached hydrogen (secondary N) is 2. The molecule has 0 aromatic carbocycles. The Kier molecular flexibility index (Phi) is 3.53. The molecule has 3 aromatic heterocycles. The van der Waals surface area contributed by atoms with Crippen LogP contribution < -0.4 is 5.32 Å². The topological polar surface area (TPSA) is 84.3 Å². The van der Waals surface area contributed by atoms with Gasteiger partial charge in [0.1, 0.15) is 0 Å². The number of aromatic amines is 1. The fraction of sp³-hybridized carbons (Fsp3) is 0.375. The largest absolute Gasteiger partial charge is 0.307 e. The van der Waals surface area contributed by atoms with E-state index in [1.165, 1.54) is 31.4 Å². The normalized spacial score (nSPS) is 15.2. The fourth-order valence-corrected chi connectivity index (χ4v) is 3.09. The van der Waals surface area contributed by atoms with Gasteiger partial charge in [0, 0.05) is 41.8 Å². The summed E-state index contributed by atoms with van der Waals surface area (Å²) in [5.74, 6) is 2.62. The van der Waals surface area contributed by atoms with Crippen LogP contribution in [0.4, 0.5) is 11.8 Å². The molecule has 0 unspecified atom stereocenters. The van der Waals surface area contributed by atoms with E-state index < -0.39 is 0 Å². The molecule has 0 bridgehead atoms. The maximum atomic E-state index is 4.50. The zero-order valence-electron chi connectivity index (χ0n) is 13.0. The first-order valence-corrected chi connectivity index (χ1v) is 7.96. The highest BCUT2D eigenvalue weighted by molar-refractivity contribution is 5.49. The highest BCUT2D eigenvalue weighted by Crippen LogP contribution is 2.33. The van der Waals surface area contributed by atoms with Crippen molar-refractivity contribution in [2.75, 3.05) is 5.32 Å². The SMILES string of the molecule is Cc1cc(-n2cccn2)nc(Nc2cc(C3CCCC3)[nH]n2)n1. The second-order valence-electron chi connectivity index (χ2n) is 5.96. The van der Waals surface area contributed by atoms with Crippen molar-refractivity contribution in [3.8, 4) is 5.82 Å². The molecule has 0 aliphatic heterocycles. The Morgan fingerprint density at radius 1 is 1.22 bits per heavy atom. The minimum atomic E-state index is 0.528. The maximum absolute atomic E-state index is 4.50. The number of hydrogen-bond acceptors (Lipinski definition) is 5. The average molecular weight is 309 g/mol. The quantitative estimate of drug-likeness (QED) is 0.773. The van der Waals surface area contributed by atoms with Crippen LogP contribution in [-0.2, 0) is 0 Å². The van der Waals surface area contributed by atoms with Crippen molar-refractivity contribution in [1.82, 2.24) is 29.9 Å². The summed E-state index contributed by atoms with van der Waals surface area (Å²) >= 11 is 0. The molecule has 1 saturated carbocycles. The first kappa shape index (κ1) is 13.9. The van der Waals surface area contributed by atoms with Crippen LogP contribution >= 0.6 is 0 Å². The average Bonchev–Trinajstić information content (AvgIpc) is 3.29. The van der Waals surface area contributed by atoms with Crippen molar-refractivity contribution >= 4 is 11.8 Å². The summed E-state index contributed by atoms with van der Waals surface area (Å²) in [6, 6.07) is 5.83. The van der Waals surface area contributed by atoms with E-state index >= 15 is 0 Å². The molecule has 7 nitrogen and oxygen atoms in total. The van der Waals surface area contributed by atoms with Crippen LogP contribution in [0.2, 0.25) is 0 Å². The van der Waals surface area contributed by atoms with E-state index in [1.807, 2.05) is 25.3 Å². The zero-order chi connectivity index (χ0) is 15.6. The highest BCUT2D eigenvalue weighted by Gasteiger charge is 2.19. The van der Waals surface area contributed by atoms with Gasteiger partial charge in [-0.2, -0.15) is 15.2 Å². The van der Waals surface area contributed by atoms with E-state index in [1.54, 1.807) is 10.9 Å². The number of rotatable bonds is 4. The Hall–Kier alpha value is -2.70. The highest BCUT2D eigenvalue weighted by atomic mass is 15.3. The molecule has 1 fully saturated rings. The third-order valence-corrected chi connectivity index (χ3v) is 4.21. The number of H-pyrrole nitrogens is 1. The van der Waals surface area contributed by atoms with Gasteiger partial charge in [-0.05, 0) is 25.8 Å². The van der Waals surface area contributed by atoms with E-state index in [0.29, 0.717) is 11.9 Å². The first-order chi connectivity index (χ1) is 11.3. The molecule has 3 aromatic rings. The monoisotopic (exact) mass is 309 g/mol. The van der Waals surface area contributed by atoms with E-state index in [-0.39, 0.29) is 0 Å². The van der Waals surface area contributed by atoms with Crippen molar-refractivity contribution < 1.29 is 0 Å². The maximum Gasteiger partial charge on any atom is 0.230 e. The van der Waals surface area contributed by atoms with Gasteiger partial charge in [0.25, 0.3) is 0 Å². The molecule has 7 heteroatoms. The van der Waals surface area contributed by atoms with Crippen molar-refractivity contribution in [3.05, 3.63) is 42.0 Å². The van der Waals surface area contributed by atoms with Crippen LogP contribution in [0.5, 0.6) is 0 Å². The molecule has 0 spiro atoms. The third kappa shape index (κ3) is 2.94. The number of aryl methyl sites for hydroxylation is 1. The van der Waals surface area contributed by atoms with E-state index in [9.17, 15) is 0 Å². The van der Waals surface area contributed by atoms with Crippen molar-refractivity contribution in [2.45, 2.75) is 38.5 Å².